The minimum absolute atomic E-state index is 0.0113. The monoisotopic (exact) mass is 391 g/mol. The van der Waals surface area contributed by atoms with Gasteiger partial charge in [-0.25, -0.2) is 9.97 Å². The van der Waals surface area contributed by atoms with E-state index in [0.717, 1.165) is 35.0 Å². The molecule has 0 unspecified atom stereocenters. The van der Waals surface area contributed by atoms with Crippen molar-refractivity contribution in [3.8, 4) is 0 Å². The molecule has 1 saturated heterocycles. The number of fused-ring (bicyclic) bond motifs is 1. The number of rotatable bonds is 6. The Morgan fingerprint density at radius 2 is 2.26 bits per heavy atom. The van der Waals surface area contributed by atoms with Crippen molar-refractivity contribution in [3.05, 3.63) is 16.8 Å². The van der Waals surface area contributed by atoms with Crippen LogP contribution < -0.4 is 10.6 Å². The second-order valence-electron chi connectivity index (χ2n) is 6.66. The van der Waals surface area contributed by atoms with Crippen LogP contribution in [0.3, 0.4) is 0 Å². The van der Waals surface area contributed by atoms with Gasteiger partial charge in [-0.2, -0.15) is 0 Å². The van der Waals surface area contributed by atoms with E-state index in [4.69, 9.17) is 4.74 Å². The molecular formula is C18H25N5O3S. The van der Waals surface area contributed by atoms with E-state index in [9.17, 15) is 9.59 Å². The Labute approximate surface area is 162 Å². The first-order valence-electron chi connectivity index (χ1n) is 9.05. The molecule has 2 aromatic rings. The number of carbonyl (C=O) groups is 2. The molecule has 2 N–H and O–H groups in total. The summed E-state index contributed by atoms with van der Waals surface area (Å²) in [5, 5.41) is 7.00. The van der Waals surface area contributed by atoms with Crippen LogP contribution in [0.4, 0.5) is 5.82 Å². The van der Waals surface area contributed by atoms with Gasteiger partial charge in [-0.3, -0.25) is 9.59 Å². The smallest absolute Gasteiger partial charge is 0.264 e. The van der Waals surface area contributed by atoms with E-state index in [1.807, 2.05) is 6.92 Å². The van der Waals surface area contributed by atoms with Crippen molar-refractivity contribution in [3.63, 3.8) is 0 Å². The molecule has 3 rings (SSSR count). The number of ether oxygens (including phenoxy) is 1. The van der Waals surface area contributed by atoms with Crippen molar-refractivity contribution >= 4 is 39.2 Å². The maximum Gasteiger partial charge on any atom is 0.264 e. The molecule has 2 aromatic heterocycles. The number of nitrogens with one attached hydrogen (secondary N) is 2. The van der Waals surface area contributed by atoms with Gasteiger partial charge in [-0.05, 0) is 31.7 Å². The molecule has 146 valence electrons. The number of aryl methyl sites for hydroxylation is 1. The number of hydrogen-bond acceptors (Lipinski definition) is 7. The summed E-state index contributed by atoms with van der Waals surface area (Å²) in [4.78, 5) is 36.7. The summed E-state index contributed by atoms with van der Waals surface area (Å²) in [6.07, 6.45) is 4.18. The van der Waals surface area contributed by atoms with Crippen LogP contribution in [0.2, 0.25) is 0 Å². The van der Waals surface area contributed by atoms with Gasteiger partial charge in [0.25, 0.3) is 5.91 Å². The maximum absolute atomic E-state index is 12.8. The molecular weight excluding hydrogens is 366 g/mol. The number of aromatic nitrogens is 2. The molecule has 8 nitrogen and oxygen atoms in total. The Hall–Kier alpha value is -2.26. The van der Waals surface area contributed by atoms with Crippen molar-refractivity contribution in [1.29, 1.82) is 0 Å². The second kappa shape index (κ2) is 8.62. The van der Waals surface area contributed by atoms with Crippen LogP contribution in [0.25, 0.3) is 10.2 Å². The lowest BCUT2D eigenvalue weighted by atomic mass is 10.1. The summed E-state index contributed by atoms with van der Waals surface area (Å²) in [6.45, 7) is 3.61. The highest BCUT2D eigenvalue weighted by Crippen LogP contribution is 2.34. The standard InChI is InChI=1S/C18H25N5O3S/c1-11-13-15(22-12-6-4-5-7-19-16(12)24)20-10-21-17(13)27-14(11)18(25)23(2)8-9-26-3/h10,12H,4-9H2,1-3H3,(H,19,24)(H,20,21,22)/t12-/m0/s1. The number of thiophene rings is 1. The van der Waals surface area contributed by atoms with Crippen molar-refractivity contribution in [1.82, 2.24) is 20.2 Å². The molecule has 0 aromatic carbocycles. The molecule has 1 fully saturated rings. The Bertz CT molecular complexity index is 838. The van der Waals surface area contributed by atoms with Crippen LogP contribution in [0, 0.1) is 6.92 Å². The van der Waals surface area contributed by atoms with Gasteiger partial charge in [0.1, 0.15) is 23.0 Å². The molecule has 27 heavy (non-hydrogen) atoms. The Morgan fingerprint density at radius 1 is 1.44 bits per heavy atom. The molecule has 0 radical (unpaired) electrons. The third-order valence-corrected chi connectivity index (χ3v) is 5.93. The van der Waals surface area contributed by atoms with Gasteiger partial charge in [0.15, 0.2) is 0 Å². The molecule has 0 aliphatic carbocycles. The fraction of sp³-hybridized carbons (Fsp3) is 0.556. The molecule has 3 heterocycles. The van der Waals surface area contributed by atoms with E-state index in [1.54, 1.807) is 19.1 Å². The first-order chi connectivity index (χ1) is 13.0. The van der Waals surface area contributed by atoms with Crippen LogP contribution >= 0.6 is 11.3 Å². The Morgan fingerprint density at radius 3 is 3.04 bits per heavy atom. The number of likely N-dealkylation sites (N-methyl/N-ethyl adjacent to an activating group) is 1. The molecule has 0 saturated carbocycles. The number of anilines is 1. The molecule has 2 amide bonds. The van der Waals surface area contributed by atoms with Crippen LogP contribution in [0.15, 0.2) is 6.33 Å². The van der Waals surface area contributed by atoms with Crippen LogP contribution in [0.5, 0.6) is 0 Å². The highest BCUT2D eigenvalue weighted by molar-refractivity contribution is 7.20. The average Bonchev–Trinajstić information content (AvgIpc) is 2.88. The SMILES string of the molecule is COCCN(C)C(=O)c1sc2ncnc(N[C@H]3CCCCNC3=O)c2c1C. The predicted molar refractivity (Wildman–Crippen MR) is 105 cm³/mol. The number of amides is 2. The Kier molecular flexibility index (Phi) is 6.22. The lowest BCUT2D eigenvalue weighted by Crippen LogP contribution is -2.38. The van der Waals surface area contributed by atoms with Gasteiger partial charge in [0.2, 0.25) is 5.91 Å². The lowest BCUT2D eigenvalue weighted by Gasteiger charge is -2.17. The summed E-state index contributed by atoms with van der Waals surface area (Å²) in [7, 11) is 3.37. The summed E-state index contributed by atoms with van der Waals surface area (Å²) >= 11 is 1.35. The molecule has 1 aliphatic heterocycles. The average molecular weight is 391 g/mol. The van der Waals surface area contributed by atoms with Crippen molar-refractivity contribution in [2.45, 2.75) is 32.2 Å². The second-order valence-corrected chi connectivity index (χ2v) is 7.66. The van der Waals surface area contributed by atoms with E-state index < -0.39 is 0 Å². The van der Waals surface area contributed by atoms with Crippen molar-refractivity contribution in [2.75, 3.05) is 39.2 Å². The van der Waals surface area contributed by atoms with Crippen molar-refractivity contribution in [2.24, 2.45) is 0 Å². The molecule has 1 aliphatic rings. The highest BCUT2D eigenvalue weighted by Gasteiger charge is 2.25. The van der Waals surface area contributed by atoms with Crippen LogP contribution in [0.1, 0.15) is 34.5 Å². The zero-order valence-corrected chi connectivity index (χ0v) is 16.7. The molecule has 1 atom stereocenters. The number of nitrogens with zero attached hydrogens (tertiary/aromatic N) is 3. The summed E-state index contributed by atoms with van der Waals surface area (Å²) in [5.41, 5.74) is 0.835. The van der Waals surface area contributed by atoms with E-state index in [2.05, 4.69) is 20.6 Å². The summed E-state index contributed by atoms with van der Waals surface area (Å²) in [6, 6.07) is -0.326. The third kappa shape index (κ3) is 4.19. The first-order valence-corrected chi connectivity index (χ1v) is 9.87. The number of hydrogen-bond donors (Lipinski definition) is 2. The third-order valence-electron chi connectivity index (χ3n) is 4.74. The zero-order valence-electron chi connectivity index (χ0n) is 15.9. The quantitative estimate of drug-likeness (QED) is 0.779. The van der Waals surface area contributed by atoms with Crippen LogP contribution in [-0.2, 0) is 9.53 Å². The van der Waals surface area contributed by atoms with Crippen LogP contribution in [-0.4, -0.2) is 66.6 Å². The normalized spacial score (nSPS) is 17.4. The number of methoxy groups -OCH3 is 1. The zero-order chi connectivity index (χ0) is 19.4. The van der Waals surface area contributed by atoms with E-state index >= 15 is 0 Å². The molecule has 0 bridgehead atoms. The fourth-order valence-corrected chi connectivity index (χ4v) is 4.27. The Balaban J connectivity index is 1.90. The summed E-state index contributed by atoms with van der Waals surface area (Å²) < 4.78 is 5.05. The summed E-state index contributed by atoms with van der Waals surface area (Å²) in [5.74, 6) is 0.530. The minimum Gasteiger partial charge on any atom is -0.383 e. The fourth-order valence-electron chi connectivity index (χ4n) is 3.13. The number of carbonyl (C=O) groups excluding carboxylic acids is 2. The van der Waals surface area contributed by atoms with Gasteiger partial charge >= 0.3 is 0 Å². The largest absolute Gasteiger partial charge is 0.383 e. The van der Waals surface area contributed by atoms with E-state index in [1.165, 1.54) is 17.7 Å². The highest BCUT2D eigenvalue weighted by atomic mass is 32.1. The van der Waals surface area contributed by atoms with Gasteiger partial charge in [-0.15, -0.1) is 11.3 Å². The van der Waals surface area contributed by atoms with E-state index in [0.29, 0.717) is 30.4 Å². The molecule has 9 heteroatoms. The topological polar surface area (TPSA) is 96.4 Å². The predicted octanol–water partition coefficient (Wildman–Crippen LogP) is 1.80. The van der Waals surface area contributed by atoms with Gasteiger partial charge in [-0.1, -0.05) is 0 Å². The van der Waals surface area contributed by atoms with Gasteiger partial charge in [0, 0.05) is 27.2 Å². The van der Waals surface area contributed by atoms with Crippen molar-refractivity contribution < 1.29 is 14.3 Å². The lowest BCUT2D eigenvalue weighted by molar-refractivity contribution is -0.121. The minimum atomic E-state index is -0.326. The van der Waals surface area contributed by atoms with Gasteiger partial charge < -0.3 is 20.3 Å². The van der Waals surface area contributed by atoms with E-state index in [-0.39, 0.29) is 17.9 Å². The van der Waals surface area contributed by atoms with Gasteiger partial charge in [0.05, 0.1) is 16.9 Å². The first kappa shape index (κ1) is 19.5. The molecule has 0 spiro atoms. The maximum atomic E-state index is 12.8.